The second-order valence-electron chi connectivity index (χ2n) is 5.28. The van der Waals surface area contributed by atoms with Gasteiger partial charge in [0.2, 0.25) is 0 Å². The van der Waals surface area contributed by atoms with Crippen LogP contribution in [0.15, 0.2) is 40.9 Å². The van der Waals surface area contributed by atoms with E-state index in [4.69, 9.17) is 4.74 Å². The smallest absolute Gasteiger partial charge is 0.124 e. The van der Waals surface area contributed by atoms with Crippen molar-refractivity contribution in [2.45, 2.75) is 25.3 Å². The van der Waals surface area contributed by atoms with Crippen molar-refractivity contribution in [3.63, 3.8) is 0 Å². The first-order valence-electron chi connectivity index (χ1n) is 7.06. The molecule has 0 heterocycles. The molecule has 0 aliphatic heterocycles. The first-order chi connectivity index (χ1) is 10.2. The Labute approximate surface area is 132 Å². The second-order valence-corrected chi connectivity index (χ2v) is 6.13. The minimum absolute atomic E-state index is 0.227. The van der Waals surface area contributed by atoms with Crippen LogP contribution in [0.4, 0.5) is 10.1 Å². The average Bonchev–Trinajstić information content (AvgIpc) is 2.50. The van der Waals surface area contributed by atoms with Crippen LogP contribution < -0.4 is 10.1 Å². The molecule has 110 valence electrons. The number of anilines is 1. The molecule has 3 rings (SSSR count). The Morgan fingerprint density at radius 1 is 1.24 bits per heavy atom. The number of aryl methyl sites for hydroxylation is 1. The lowest BCUT2D eigenvalue weighted by Gasteiger charge is -2.28. The van der Waals surface area contributed by atoms with Gasteiger partial charge in [-0.15, -0.1) is 0 Å². The lowest BCUT2D eigenvalue weighted by molar-refractivity contribution is 0.413. The maximum atomic E-state index is 13.2. The van der Waals surface area contributed by atoms with Gasteiger partial charge in [-0.1, -0.05) is 6.07 Å². The summed E-state index contributed by atoms with van der Waals surface area (Å²) in [6.07, 6.45) is 3.31. The Morgan fingerprint density at radius 2 is 2.10 bits per heavy atom. The van der Waals surface area contributed by atoms with Gasteiger partial charge in [-0.05, 0) is 76.7 Å². The summed E-state index contributed by atoms with van der Waals surface area (Å²) in [7, 11) is 1.68. The number of nitrogens with one attached hydrogen (secondary N) is 1. The molecule has 2 aromatic carbocycles. The zero-order valence-electron chi connectivity index (χ0n) is 11.8. The maximum absolute atomic E-state index is 13.2. The van der Waals surface area contributed by atoms with Crippen molar-refractivity contribution in [2.24, 2.45) is 0 Å². The van der Waals surface area contributed by atoms with Crippen molar-refractivity contribution in [3.05, 3.63) is 57.8 Å². The van der Waals surface area contributed by atoms with Gasteiger partial charge in [-0.25, -0.2) is 4.39 Å². The maximum Gasteiger partial charge on any atom is 0.124 e. The van der Waals surface area contributed by atoms with Gasteiger partial charge >= 0.3 is 0 Å². The topological polar surface area (TPSA) is 21.3 Å². The summed E-state index contributed by atoms with van der Waals surface area (Å²) in [5.74, 6) is 0.638. The van der Waals surface area contributed by atoms with Gasteiger partial charge in [0.1, 0.15) is 11.6 Å². The Balaban J connectivity index is 1.90. The highest BCUT2D eigenvalue weighted by Gasteiger charge is 2.21. The highest BCUT2D eigenvalue weighted by atomic mass is 79.9. The van der Waals surface area contributed by atoms with E-state index in [1.807, 2.05) is 6.07 Å². The number of hydrogen-bond acceptors (Lipinski definition) is 2. The minimum atomic E-state index is -0.238. The molecule has 0 aromatic heterocycles. The zero-order chi connectivity index (χ0) is 14.8. The highest BCUT2D eigenvalue weighted by Crippen LogP contribution is 2.36. The van der Waals surface area contributed by atoms with Gasteiger partial charge in [-0.2, -0.15) is 0 Å². The van der Waals surface area contributed by atoms with E-state index in [-0.39, 0.29) is 11.9 Å². The Hall–Kier alpha value is -1.55. The minimum Gasteiger partial charge on any atom is -0.497 e. The lowest BCUT2D eigenvalue weighted by Crippen LogP contribution is -2.17. The molecular formula is C17H17BrFNO. The molecule has 2 nitrogen and oxygen atoms in total. The third kappa shape index (κ3) is 3.05. The summed E-state index contributed by atoms with van der Waals surface area (Å²) in [4.78, 5) is 0. The van der Waals surface area contributed by atoms with Crippen molar-refractivity contribution in [2.75, 3.05) is 12.4 Å². The lowest BCUT2D eigenvalue weighted by atomic mass is 9.87. The number of rotatable bonds is 3. The summed E-state index contributed by atoms with van der Waals surface area (Å²) in [6.45, 7) is 0. The molecule has 1 aliphatic carbocycles. The highest BCUT2D eigenvalue weighted by molar-refractivity contribution is 9.10. The third-order valence-corrected chi connectivity index (χ3v) is 4.58. The van der Waals surface area contributed by atoms with E-state index < -0.39 is 0 Å². The first-order valence-corrected chi connectivity index (χ1v) is 7.85. The molecule has 2 aromatic rings. The van der Waals surface area contributed by atoms with Crippen LogP contribution >= 0.6 is 15.9 Å². The van der Waals surface area contributed by atoms with Crippen molar-refractivity contribution in [1.29, 1.82) is 0 Å². The Morgan fingerprint density at radius 3 is 2.86 bits per heavy atom. The SMILES string of the molecule is COc1ccc2c(c1)C(Nc1ccc(F)cc1Br)CCC2. The standard InChI is InChI=1S/C17H17BrFNO/c1-21-13-7-5-11-3-2-4-16(14(11)10-13)20-17-8-6-12(19)9-15(17)18/h5-10,16,20H,2-4H2,1H3. The van der Waals surface area contributed by atoms with Gasteiger partial charge in [0.15, 0.2) is 0 Å². The number of halogens is 2. The molecule has 21 heavy (non-hydrogen) atoms. The number of benzene rings is 2. The summed E-state index contributed by atoms with van der Waals surface area (Å²) in [5, 5.41) is 3.51. The van der Waals surface area contributed by atoms with Crippen LogP contribution in [0.1, 0.15) is 30.0 Å². The monoisotopic (exact) mass is 349 g/mol. The fraction of sp³-hybridized carbons (Fsp3) is 0.294. The van der Waals surface area contributed by atoms with Crippen LogP contribution in [-0.4, -0.2) is 7.11 Å². The van der Waals surface area contributed by atoms with Crippen molar-refractivity contribution in [1.82, 2.24) is 0 Å². The molecular weight excluding hydrogens is 333 g/mol. The van der Waals surface area contributed by atoms with E-state index in [1.54, 1.807) is 13.2 Å². The zero-order valence-corrected chi connectivity index (χ0v) is 13.4. The summed E-state index contributed by atoms with van der Waals surface area (Å²) in [6, 6.07) is 11.2. The quantitative estimate of drug-likeness (QED) is 0.833. The number of methoxy groups -OCH3 is 1. The van der Waals surface area contributed by atoms with E-state index in [0.29, 0.717) is 0 Å². The van der Waals surface area contributed by atoms with Gasteiger partial charge in [0.05, 0.1) is 13.2 Å². The third-order valence-electron chi connectivity index (χ3n) is 3.93. The van der Waals surface area contributed by atoms with Crippen LogP contribution in [0, 0.1) is 5.82 Å². The summed E-state index contributed by atoms with van der Waals surface area (Å²) in [5.41, 5.74) is 3.55. The molecule has 0 radical (unpaired) electrons. The van der Waals surface area contributed by atoms with Crippen molar-refractivity contribution in [3.8, 4) is 5.75 Å². The second kappa shape index (κ2) is 6.06. The molecule has 0 saturated carbocycles. The fourth-order valence-electron chi connectivity index (χ4n) is 2.85. The van der Waals surface area contributed by atoms with Crippen LogP contribution in [0.25, 0.3) is 0 Å². The van der Waals surface area contributed by atoms with Crippen LogP contribution in [-0.2, 0) is 6.42 Å². The van der Waals surface area contributed by atoms with Crippen molar-refractivity contribution < 1.29 is 9.13 Å². The molecule has 0 saturated heterocycles. The van der Waals surface area contributed by atoms with E-state index in [9.17, 15) is 4.39 Å². The Kier molecular flexibility index (Phi) is 4.15. The molecule has 4 heteroatoms. The largest absolute Gasteiger partial charge is 0.497 e. The molecule has 0 bridgehead atoms. The number of hydrogen-bond donors (Lipinski definition) is 1. The number of fused-ring (bicyclic) bond motifs is 1. The van der Waals surface area contributed by atoms with Gasteiger partial charge in [0, 0.05) is 10.2 Å². The predicted molar refractivity (Wildman–Crippen MR) is 86.4 cm³/mol. The number of ether oxygens (including phenoxy) is 1. The van der Waals surface area contributed by atoms with Crippen LogP contribution in [0.5, 0.6) is 5.75 Å². The Bertz CT molecular complexity index is 659. The van der Waals surface area contributed by atoms with Gasteiger partial charge < -0.3 is 10.1 Å². The molecule has 1 unspecified atom stereocenters. The van der Waals surface area contributed by atoms with E-state index in [0.717, 1.165) is 35.2 Å². The van der Waals surface area contributed by atoms with E-state index in [2.05, 4.69) is 33.4 Å². The normalized spacial score (nSPS) is 17.2. The molecule has 0 amide bonds. The molecule has 1 atom stereocenters. The van der Waals surface area contributed by atoms with E-state index >= 15 is 0 Å². The van der Waals surface area contributed by atoms with E-state index in [1.165, 1.54) is 23.3 Å². The van der Waals surface area contributed by atoms with Crippen LogP contribution in [0.3, 0.4) is 0 Å². The van der Waals surface area contributed by atoms with Crippen LogP contribution in [0.2, 0.25) is 0 Å². The van der Waals surface area contributed by atoms with Gasteiger partial charge in [0.25, 0.3) is 0 Å². The first kappa shape index (κ1) is 14.4. The average molecular weight is 350 g/mol. The molecule has 1 aliphatic rings. The summed E-state index contributed by atoms with van der Waals surface area (Å²) >= 11 is 3.41. The molecule has 0 spiro atoms. The summed E-state index contributed by atoms with van der Waals surface area (Å²) < 4.78 is 19.3. The molecule has 0 fully saturated rings. The van der Waals surface area contributed by atoms with Gasteiger partial charge in [-0.3, -0.25) is 0 Å². The van der Waals surface area contributed by atoms with Crippen molar-refractivity contribution >= 4 is 21.6 Å². The molecule has 1 N–H and O–H groups in total. The predicted octanol–water partition coefficient (Wildman–Crippen LogP) is 5.09. The fourth-order valence-corrected chi connectivity index (χ4v) is 3.31.